The van der Waals surface area contributed by atoms with Crippen LogP contribution in [0.25, 0.3) is 0 Å². The molecule has 0 fully saturated rings. The van der Waals surface area contributed by atoms with Crippen LogP contribution in [0.15, 0.2) is 29.2 Å². The number of alkyl halides is 1. The lowest BCUT2D eigenvalue weighted by atomic mass is 10.2. The lowest BCUT2D eigenvalue weighted by Crippen LogP contribution is -2.32. The Balaban J connectivity index is 2.59. The Kier molecular flexibility index (Phi) is 5.71. The zero-order chi connectivity index (χ0) is 12.0. The van der Waals surface area contributed by atoms with Crippen molar-refractivity contribution >= 4 is 29.3 Å². The molecule has 1 amide bonds. The van der Waals surface area contributed by atoms with Gasteiger partial charge in [0, 0.05) is 22.4 Å². The van der Waals surface area contributed by atoms with Gasteiger partial charge in [0.25, 0.3) is 5.91 Å². The lowest BCUT2D eigenvalue weighted by molar-refractivity contribution is 0.0939. The fraction of sp³-hybridized carbons (Fsp3) is 0.417. The molecule has 1 N–H and O–H groups in total. The summed E-state index contributed by atoms with van der Waals surface area (Å²) < 4.78 is 0. The number of carbonyl (C=O) groups excluding carboxylic acids is 1. The van der Waals surface area contributed by atoms with E-state index in [0.29, 0.717) is 11.4 Å². The van der Waals surface area contributed by atoms with Crippen LogP contribution in [-0.2, 0) is 0 Å². The molecule has 0 aliphatic rings. The predicted molar refractivity (Wildman–Crippen MR) is 70.5 cm³/mol. The molecule has 1 unspecified atom stereocenters. The molecule has 2 nitrogen and oxygen atoms in total. The zero-order valence-corrected chi connectivity index (χ0v) is 11.1. The van der Waals surface area contributed by atoms with E-state index in [2.05, 4.69) is 5.32 Å². The molecule has 0 aliphatic heterocycles. The summed E-state index contributed by atoms with van der Waals surface area (Å²) in [6.45, 7) is 1.95. The van der Waals surface area contributed by atoms with Crippen molar-refractivity contribution in [2.75, 3.05) is 12.1 Å². The topological polar surface area (TPSA) is 29.1 Å². The van der Waals surface area contributed by atoms with Crippen LogP contribution >= 0.6 is 23.4 Å². The van der Waals surface area contributed by atoms with Crippen molar-refractivity contribution in [2.24, 2.45) is 0 Å². The monoisotopic (exact) mass is 257 g/mol. The highest BCUT2D eigenvalue weighted by Crippen LogP contribution is 2.14. The molecule has 0 radical (unpaired) electrons. The number of hydrogen-bond acceptors (Lipinski definition) is 2. The average molecular weight is 258 g/mol. The van der Waals surface area contributed by atoms with Crippen LogP contribution < -0.4 is 5.32 Å². The minimum Gasteiger partial charge on any atom is -0.350 e. The second-order valence-electron chi connectivity index (χ2n) is 3.58. The van der Waals surface area contributed by atoms with Gasteiger partial charge in [-0.3, -0.25) is 4.79 Å². The molecule has 1 atom stereocenters. The third-order valence-corrected chi connectivity index (χ3v) is 3.23. The molecule has 0 aromatic heterocycles. The maximum Gasteiger partial charge on any atom is 0.251 e. The second kappa shape index (κ2) is 6.81. The normalized spacial score (nSPS) is 12.2. The first kappa shape index (κ1) is 13.4. The Labute approximate surface area is 106 Å². The van der Waals surface area contributed by atoms with Gasteiger partial charge in [-0.25, -0.2) is 0 Å². The van der Waals surface area contributed by atoms with E-state index in [1.807, 2.05) is 37.4 Å². The molecule has 1 aromatic carbocycles. The molecule has 1 aromatic rings. The number of amides is 1. The second-order valence-corrected chi connectivity index (χ2v) is 4.84. The molecule has 88 valence electrons. The molecule has 0 aliphatic carbocycles. The lowest BCUT2D eigenvalue weighted by Gasteiger charge is -2.12. The Hall–Kier alpha value is -0.670. The van der Waals surface area contributed by atoms with Gasteiger partial charge in [-0.1, -0.05) is 0 Å². The van der Waals surface area contributed by atoms with E-state index in [9.17, 15) is 4.79 Å². The molecule has 0 saturated carbocycles. The van der Waals surface area contributed by atoms with Crippen LogP contribution in [0.4, 0.5) is 0 Å². The highest BCUT2D eigenvalue weighted by Gasteiger charge is 2.08. The Morgan fingerprint density at radius 2 is 2.06 bits per heavy atom. The third kappa shape index (κ3) is 4.06. The van der Waals surface area contributed by atoms with Gasteiger partial charge in [-0.05, 0) is 43.9 Å². The third-order valence-electron chi connectivity index (χ3n) is 2.27. The van der Waals surface area contributed by atoms with Crippen molar-refractivity contribution in [2.45, 2.75) is 24.3 Å². The van der Waals surface area contributed by atoms with E-state index >= 15 is 0 Å². The standard InChI is InChI=1S/C12H16ClNOS/c1-9(7-8-13)14-12(15)10-3-5-11(16-2)6-4-10/h3-6,9H,7-8H2,1-2H3,(H,14,15). The molecular formula is C12H16ClNOS. The van der Waals surface area contributed by atoms with Gasteiger partial charge in [-0.2, -0.15) is 0 Å². The molecular weight excluding hydrogens is 242 g/mol. The number of carbonyl (C=O) groups is 1. The summed E-state index contributed by atoms with van der Waals surface area (Å²) in [5.41, 5.74) is 0.694. The number of halogens is 1. The van der Waals surface area contributed by atoms with Crippen molar-refractivity contribution < 1.29 is 4.79 Å². The van der Waals surface area contributed by atoms with E-state index in [0.717, 1.165) is 11.3 Å². The summed E-state index contributed by atoms with van der Waals surface area (Å²) in [6.07, 6.45) is 2.80. The summed E-state index contributed by atoms with van der Waals surface area (Å²) in [7, 11) is 0. The zero-order valence-electron chi connectivity index (χ0n) is 9.50. The van der Waals surface area contributed by atoms with Crippen LogP contribution in [-0.4, -0.2) is 24.1 Å². The van der Waals surface area contributed by atoms with Crippen LogP contribution in [0.5, 0.6) is 0 Å². The summed E-state index contributed by atoms with van der Waals surface area (Å²) in [5.74, 6) is 0.526. The molecule has 0 spiro atoms. The quantitative estimate of drug-likeness (QED) is 0.649. The number of thioether (sulfide) groups is 1. The molecule has 16 heavy (non-hydrogen) atoms. The minimum atomic E-state index is -0.0368. The first-order valence-corrected chi connectivity index (χ1v) is 6.94. The smallest absolute Gasteiger partial charge is 0.251 e. The summed E-state index contributed by atoms with van der Waals surface area (Å²) >= 11 is 7.27. The highest BCUT2D eigenvalue weighted by molar-refractivity contribution is 7.98. The van der Waals surface area contributed by atoms with Crippen LogP contribution in [0.3, 0.4) is 0 Å². The Bertz CT molecular complexity index is 339. The number of hydrogen-bond donors (Lipinski definition) is 1. The first-order valence-electron chi connectivity index (χ1n) is 5.18. The summed E-state index contributed by atoms with van der Waals surface area (Å²) in [4.78, 5) is 12.9. The van der Waals surface area contributed by atoms with E-state index in [-0.39, 0.29) is 11.9 Å². The van der Waals surface area contributed by atoms with Crippen molar-refractivity contribution in [1.29, 1.82) is 0 Å². The maximum absolute atomic E-state index is 11.8. The highest BCUT2D eigenvalue weighted by atomic mass is 35.5. The molecule has 1 rings (SSSR count). The van der Waals surface area contributed by atoms with E-state index in [4.69, 9.17) is 11.6 Å². The Morgan fingerprint density at radius 1 is 1.44 bits per heavy atom. The molecule has 0 saturated heterocycles. The van der Waals surface area contributed by atoms with Gasteiger partial charge in [0.15, 0.2) is 0 Å². The molecule has 0 heterocycles. The number of rotatable bonds is 5. The minimum absolute atomic E-state index is 0.0368. The fourth-order valence-electron chi connectivity index (χ4n) is 1.29. The predicted octanol–water partition coefficient (Wildman–Crippen LogP) is 3.16. The van der Waals surface area contributed by atoms with Gasteiger partial charge in [-0.15, -0.1) is 23.4 Å². The van der Waals surface area contributed by atoms with Crippen molar-refractivity contribution in [3.8, 4) is 0 Å². The van der Waals surface area contributed by atoms with Crippen LogP contribution in [0.1, 0.15) is 23.7 Å². The van der Waals surface area contributed by atoms with Gasteiger partial charge < -0.3 is 5.32 Å². The summed E-state index contributed by atoms with van der Waals surface area (Å²) in [6, 6.07) is 7.70. The molecule has 0 bridgehead atoms. The SMILES string of the molecule is CSc1ccc(C(=O)NC(C)CCCl)cc1. The van der Waals surface area contributed by atoms with Crippen LogP contribution in [0, 0.1) is 0 Å². The molecule has 4 heteroatoms. The van der Waals surface area contributed by atoms with E-state index in [1.54, 1.807) is 11.8 Å². The maximum atomic E-state index is 11.8. The average Bonchev–Trinajstić information content (AvgIpc) is 2.29. The van der Waals surface area contributed by atoms with Gasteiger partial charge in [0.2, 0.25) is 0 Å². The summed E-state index contributed by atoms with van der Waals surface area (Å²) in [5, 5.41) is 2.90. The fourth-order valence-corrected chi connectivity index (χ4v) is 2.02. The Morgan fingerprint density at radius 3 is 2.56 bits per heavy atom. The number of benzene rings is 1. The van der Waals surface area contributed by atoms with Crippen molar-refractivity contribution in [3.05, 3.63) is 29.8 Å². The van der Waals surface area contributed by atoms with Gasteiger partial charge >= 0.3 is 0 Å². The van der Waals surface area contributed by atoms with Gasteiger partial charge in [0.1, 0.15) is 0 Å². The van der Waals surface area contributed by atoms with E-state index in [1.165, 1.54) is 0 Å². The largest absolute Gasteiger partial charge is 0.350 e. The van der Waals surface area contributed by atoms with Crippen molar-refractivity contribution in [3.63, 3.8) is 0 Å². The van der Waals surface area contributed by atoms with Crippen LogP contribution in [0.2, 0.25) is 0 Å². The van der Waals surface area contributed by atoms with E-state index < -0.39 is 0 Å². The van der Waals surface area contributed by atoms with Gasteiger partial charge in [0.05, 0.1) is 0 Å². The first-order chi connectivity index (χ1) is 7.67. The number of nitrogens with one attached hydrogen (secondary N) is 1. The van der Waals surface area contributed by atoms with Crippen molar-refractivity contribution in [1.82, 2.24) is 5.32 Å².